The number of hydrogen-bond acceptors (Lipinski definition) is 1. The molecule has 0 aromatic carbocycles. The molecule has 1 aliphatic rings. The summed E-state index contributed by atoms with van der Waals surface area (Å²) in [6.45, 7) is 4.72. The summed E-state index contributed by atoms with van der Waals surface area (Å²) >= 11 is 0. The highest BCUT2D eigenvalue weighted by Gasteiger charge is 2.10. The van der Waals surface area contributed by atoms with Gasteiger partial charge in [-0.1, -0.05) is 6.92 Å². The molecule has 1 N–H and O–H groups in total. The van der Waals surface area contributed by atoms with Crippen molar-refractivity contribution in [1.29, 1.82) is 0 Å². The fourth-order valence-corrected chi connectivity index (χ4v) is 1.07. The van der Waals surface area contributed by atoms with Crippen molar-refractivity contribution in [3.05, 3.63) is 0 Å². The van der Waals surface area contributed by atoms with Gasteiger partial charge in [-0.2, -0.15) is 0 Å². The Morgan fingerprint density at radius 1 is 1.58 bits per heavy atom. The molecule has 1 unspecified atom stereocenters. The molecule has 0 radical (unpaired) electrons. The molecule has 0 aromatic heterocycles. The van der Waals surface area contributed by atoms with Crippen LogP contribution in [0.5, 0.6) is 0 Å². The SMILES string of the molecule is C#CC.CC1CCNC(=O)CC1. The summed E-state index contributed by atoms with van der Waals surface area (Å²) in [7, 11) is 0. The monoisotopic (exact) mass is 167 g/mol. The number of carbonyl (C=O) groups excluding carboxylic acids is 1. The van der Waals surface area contributed by atoms with Crippen LogP contribution in [0.25, 0.3) is 0 Å². The third-order valence-corrected chi connectivity index (χ3v) is 1.82. The summed E-state index contributed by atoms with van der Waals surface area (Å²) in [6.07, 6.45) is 7.53. The lowest BCUT2D eigenvalue weighted by Crippen LogP contribution is -2.21. The van der Waals surface area contributed by atoms with Gasteiger partial charge < -0.3 is 5.32 Å². The van der Waals surface area contributed by atoms with Crippen LogP contribution in [0, 0.1) is 18.3 Å². The first kappa shape index (κ1) is 11.0. The molecule has 0 bridgehead atoms. The van der Waals surface area contributed by atoms with Crippen molar-refractivity contribution < 1.29 is 4.79 Å². The quantitative estimate of drug-likeness (QED) is 0.545. The molecule has 2 heteroatoms. The molecule has 0 spiro atoms. The van der Waals surface area contributed by atoms with Gasteiger partial charge in [0.25, 0.3) is 0 Å². The molecule has 1 amide bonds. The molecule has 1 rings (SSSR count). The topological polar surface area (TPSA) is 29.1 Å². The second-order valence-corrected chi connectivity index (χ2v) is 3.07. The highest BCUT2D eigenvalue weighted by atomic mass is 16.1. The Morgan fingerprint density at radius 2 is 2.17 bits per heavy atom. The zero-order valence-electron chi connectivity index (χ0n) is 7.89. The van der Waals surface area contributed by atoms with E-state index >= 15 is 0 Å². The van der Waals surface area contributed by atoms with Crippen LogP contribution in [0.3, 0.4) is 0 Å². The molecule has 1 atom stereocenters. The molecule has 1 heterocycles. The summed E-state index contributed by atoms with van der Waals surface area (Å²) in [5, 5.41) is 2.84. The van der Waals surface area contributed by atoms with E-state index in [2.05, 4.69) is 24.6 Å². The highest BCUT2D eigenvalue weighted by molar-refractivity contribution is 5.76. The van der Waals surface area contributed by atoms with Crippen LogP contribution >= 0.6 is 0 Å². The van der Waals surface area contributed by atoms with Gasteiger partial charge in [0.2, 0.25) is 5.91 Å². The van der Waals surface area contributed by atoms with E-state index in [1.807, 2.05) is 0 Å². The largest absolute Gasteiger partial charge is 0.356 e. The number of hydrogen-bond donors (Lipinski definition) is 1. The number of amides is 1. The molecule has 12 heavy (non-hydrogen) atoms. The molecule has 1 aliphatic heterocycles. The van der Waals surface area contributed by atoms with Gasteiger partial charge in [0, 0.05) is 13.0 Å². The van der Waals surface area contributed by atoms with Gasteiger partial charge >= 0.3 is 0 Å². The fourth-order valence-electron chi connectivity index (χ4n) is 1.07. The highest BCUT2D eigenvalue weighted by Crippen LogP contribution is 2.11. The average molecular weight is 167 g/mol. The Balaban J connectivity index is 0.000000354. The lowest BCUT2D eigenvalue weighted by Gasteiger charge is -2.01. The maximum absolute atomic E-state index is 10.7. The van der Waals surface area contributed by atoms with Crippen molar-refractivity contribution in [2.75, 3.05) is 6.54 Å². The summed E-state index contributed by atoms with van der Waals surface area (Å²) < 4.78 is 0. The van der Waals surface area contributed by atoms with E-state index in [-0.39, 0.29) is 5.91 Å². The first-order valence-electron chi connectivity index (χ1n) is 4.34. The van der Waals surface area contributed by atoms with E-state index in [0.29, 0.717) is 0 Å². The van der Waals surface area contributed by atoms with Crippen molar-refractivity contribution in [3.63, 3.8) is 0 Å². The molecular weight excluding hydrogens is 150 g/mol. The average Bonchev–Trinajstić information content (AvgIpc) is 2.18. The van der Waals surface area contributed by atoms with E-state index in [1.54, 1.807) is 6.92 Å². The van der Waals surface area contributed by atoms with Crippen LogP contribution in [0.15, 0.2) is 0 Å². The van der Waals surface area contributed by atoms with Crippen molar-refractivity contribution >= 4 is 5.91 Å². The van der Waals surface area contributed by atoms with E-state index in [0.717, 1.165) is 31.7 Å². The van der Waals surface area contributed by atoms with Crippen LogP contribution in [-0.2, 0) is 4.79 Å². The van der Waals surface area contributed by atoms with Gasteiger partial charge in [0.1, 0.15) is 0 Å². The first-order valence-corrected chi connectivity index (χ1v) is 4.34. The molecule has 0 saturated carbocycles. The van der Waals surface area contributed by atoms with Gasteiger partial charge in [-0.05, 0) is 25.7 Å². The minimum atomic E-state index is 0.222. The number of carbonyl (C=O) groups is 1. The molecule has 2 nitrogen and oxygen atoms in total. The lowest BCUT2D eigenvalue weighted by atomic mass is 10.0. The van der Waals surface area contributed by atoms with Crippen LogP contribution < -0.4 is 5.32 Å². The second kappa shape index (κ2) is 6.72. The Hall–Kier alpha value is -0.970. The number of rotatable bonds is 0. The van der Waals surface area contributed by atoms with Gasteiger partial charge in [-0.15, -0.1) is 12.3 Å². The second-order valence-electron chi connectivity index (χ2n) is 3.07. The summed E-state index contributed by atoms with van der Waals surface area (Å²) in [5.41, 5.74) is 0. The van der Waals surface area contributed by atoms with Gasteiger partial charge in [0.05, 0.1) is 0 Å². The molecule has 1 fully saturated rings. The zero-order chi connectivity index (χ0) is 9.40. The van der Waals surface area contributed by atoms with E-state index in [4.69, 9.17) is 0 Å². The van der Waals surface area contributed by atoms with E-state index in [1.165, 1.54) is 0 Å². The Labute approximate surface area is 74.7 Å². The maximum atomic E-state index is 10.7. The predicted octanol–water partition coefficient (Wildman–Crippen LogP) is 1.56. The smallest absolute Gasteiger partial charge is 0.220 e. The van der Waals surface area contributed by atoms with Crippen molar-refractivity contribution in [2.45, 2.75) is 33.1 Å². The fraction of sp³-hybridized carbons (Fsp3) is 0.700. The minimum Gasteiger partial charge on any atom is -0.356 e. The lowest BCUT2D eigenvalue weighted by molar-refractivity contribution is -0.120. The zero-order valence-corrected chi connectivity index (χ0v) is 7.89. The molecule has 0 aromatic rings. The maximum Gasteiger partial charge on any atom is 0.220 e. The normalized spacial score (nSPS) is 22.4. The van der Waals surface area contributed by atoms with Crippen molar-refractivity contribution in [2.24, 2.45) is 5.92 Å². The van der Waals surface area contributed by atoms with E-state index < -0.39 is 0 Å². The van der Waals surface area contributed by atoms with Crippen LogP contribution in [-0.4, -0.2) is 12.5 Å². The summed E-state index contributed by atoms with van der Waals surface area (Å²) in [5.74, 6) is 3.20. The van der Waals surface area contributed by atoms with Crippen molar-refractivity contribution in [3.8, 4) is 12.3 Å². The van der Waals surface area contributed by atoms with Gasteiger partial charge in [-0.25, -0.2) is 0 Å². The summed E-state index contributed by atoms with van der Waals surface area (Å²) in [6, 6.07) is 0. The number of nitrogens with one attached hydrogen (secondary N) is 1. The van der Waals surface area contributed by atoms with Crippen LogP contribution in [0.4, 0.5) is 0 Å². The summed E-state index contributed by atoms with van der Waals surface area (Å²) in [4.78, 5) is 10.7. The van der Waals surface area contributed by atoms with Gasteiger partial charge in [-0.3, -0.25) is 4.79 Å². The first-order chi connectivity index (χ1) is 5.70. The Bertz CT molecular complexity index is 169. The van der Waals surface area contributed by atoms with Crippen LogP contribution in [0.2, 0.25) is 0 Å². The Morgan fingerprint density at radius 3 is 2.75 bits per heavy atom. The third kappa shape index (κ3) is 5.79. The molecule has 68 valence electrons. The predicted molar refractivity (Wildman–Crippen MR) is 50.5 cm³/mol. The Kier molecular flexibility index (Phi) is 6.18. The standard InChI is InChI=1S/C7H13NO.C3H4/c1-6-2-3-7(9)8-5-4-6;1-3-2/h6H,2-5H2,1H3,(H,8,9);1H,2H3. The minimum absolute atomic E-state index is 0.222. The van der Waals surface area contributed by atoms with E-state index in [9.17, 15) is 4.79 Å². The molecule has 0 aliphatic carbocycles. The van der Waals surface area contributed by atoms with Crippen molar-refractivity contribution in [1.82, 2.24) is 5.32 Å². The third-order valence-electron chi connectivity index (χ3n) is 1.82. The van der Waals surface area contributed by atoms with Gasteiger partial charge in [0.15, 0.2) is 0 Å². The molecule has 1 saturated heterocycles. The van der Waals surface area contributed by atoms with Crippen LogP contribution in [0.1, 0.15) is 33.1 Å². The molecular formula is C10H17NO. The number of terminal acetylenes is 1.